The highest BCUT2D eigenvalue weighted by Gasteiger charge is 2.33. The maximum atomic E-state index is 12.6. The van der Waals surface area contributed by atoms with Crippen LogP contribution in [0.5, 0.6) is 5.75 Å². The van der Waals surface area contributed by atoms with Gasteiger partial charge >= 0.3 is 0 Å². The normalized spacial score (nSPS) is 15.8. The Morgan fingerprint density at radius 2 is 2.04 bits per heavy atom. The van der Waals surface area contributed by atoms with E-state index in [2.05, 4.69) is 15.8 Å². The van der Waals surface area contributed by atoms with Gasteiger partial charge in [0.1, 0.15) is 12.3 Å². The molecule has 142 valence electrons. The van der Waals surface area contributed by atoms with Crippen molar-refractivity contribution in [1.82, 2.24) is 15.8 Å². The molecule has 1 aliphatic heterocycles. The SMILES string of the molecule is CC(=O)NNC(=O)CN1C(=O)C(C)Oc2ccc(-c3nc(C)sc3C)cc21. The lowest BCUT2D eigenvalue weighted by Gasteiger charge is -2.32. The van der Waals surface area contributed by atoms with Crippen LogP contribution in [0.15, 0.2) is 18.2 Å². The average Bonchev–Trinajstić information content (AvgIpc) is 2.95. The molecule has 1 aromatic carbocycles. The number of nitrogens with one attached hydrogen (secondary N) is 2. The number of hydrogen-bond donors (Lipinski definition) is 2. The molecule has 1 aromatic heterocycles. The molecule has 8 nitrogen and oxygen atoms in total. The molecule has 3 amide bonds. The Kier molecular flexibility index (Phi) is 5.13. The van der Waals surface area contributed by atoms with Crippen LogP contribution in [0.3, 0.4) is 0 Å². The number of amides is 3. The second-order valence-corrected chi connectivity index (χ2v) is 7.64. The summed E-state index contributed by atoms with van der Waals surface area (Å²) in [5.41, 5.74) is 6.67. The first-order valence-electron chi connectivity index (χ1n) is 8.38. The first-order chi connectivity index (χ1) is 12.8. The third kappa shape index (κ3) is 3.92. The summed E-state index contributed by atoms with van der Waals surface area (Å²) < 4.78 is 5.67. The Balaban J connectivity index is 1.94. The number of benzene rings is 1. The van der Waals surface area contributed by atoms with Crippen LogP contribution in [0.1, 0.15) is 23.7 Å². The second kappa shape index (κ2) is 7.36. The highest BCUT2D eigenvalue weighted by atomic mass is 32.1. The zero-order valence-electron chi connectivity index (χ0n) is 15.5. The lowest BCUT2D eigenvalue weighted by Crippen LogP contribution is -2.51. The predicted molar refractivity (Wildman–Crippen MR) is 101 cm³/mol. The molecule has 0 bridgehead atoms. The first-order valence-corrected chi connectivity index (χ1v) is 9.20. The van der Waals surface area contributed by atoms with E-state index in [1.807, 2.05) is 19.9 Å². The molecular formula is C18H20N4O4S. The number of thiazole rings is 1. The molecule has 3 rings (SSSR count). The van der Waals surface area contributed by atoms with Crippen LogP contribution in [-0.2, 0) is 14.4 Å². The number of anilines is 1. The maximum absolute atomic E-state index is 12.6. The molecule has 1 atom stereocenters. The predicted octanol–water partition coefficient (Wildman–Crippen LogP) is 1.71. The fourth-order valence-corrected chi connectivity index (χ4v) is 3.70. The first kappa shape index (κ1) is 18.8. The molecule has 0 radical (unpaired) electrons. The number of aromatic nitrogens is 1. The minimum atomic E-state index is -0.708. The van der Waals surface area contributed by atoms with Crippen molar-refractivity contribution in [3.05, 3.63) is 28.1 Å². The van der Waals surface area contributed by atoms with Gasteiger partial charge in [0.25, 0.3) is 11.8 Å². The molecular weight excluding hydrogens is 368 g/mol. The number of aryl methyl sites for hydroxylation is 2. The molecule has 9 heteroatoms. The van der Waals surface area contributed by atoms with Crippen molar-refractivity contribution in [2.75, 3.05) is 11.4 Å². The molecule has 27 heavy (non-hydrogen) atoms. The van der Waals surface area contributed by atoms with E-state index in [1.165, 1.54) is 11.8 Å². The molecule has 0 aliphatic carbocycles. The molecule has 0 saturated carbocycles. The monoisotopic (exact) mass is 388 g/mol. The molecule has 2 aromatic rings. The van der Waals surface area contributed by atoms with E-state index in [4.69, 9.17) is 4.74 Å². The Hall–Kier alpha value is -2.94. The third-order valence-electron chi connectivity index (χ3n) is 4.02. The van der Waals surface area contributed by atoms with E-state index in [9.17, 15) is 14.4 Å². The average molecular weight is 388 g/mol. The van der Waals surface area contributed by atoms with E-state index in [-0.39, 0.29) is 12.5 Å². The van der Waals surface area contributed by atoms with Gasteiger partial charge in [-0.1, -0.05) is 0 Å². The maximum Gasteiger partial charge on any atom is 0.268 e. The van der Waals surface area contributed by atoms with Crippen LogP contribution in [0.4, 0.5) is 5.69 Å². The molecule has 1 aliphatic rings. The van der Waals surface area contributed by atoms with Gasteiger partial charge in [0.05, 0.1) is 16.4 Å². The number of ether oxygens (including phenoxy) is 1. The zero-order chi connectivity index (χ0) is 19.7. The summed E-state index contributed by atoms with van der Waals surface area (Å²) in [6.45, 7) is 6.60. The number of carbonyl (C=O) groups is 3. The summed E-state index contributed by atoms with van der Waals surface area (Å²) in [6, 6.07) is 5.46. The number of rotatable bonds is 3. The number of hydrazine groups is 1. The highest BCUT2D eigenvalue weighted by Crippen LogP contribution is 2.38. The number of fused-ring (bicyclic) bond motifs is 1. The quantitative estimate of drug-likeness (QED) is 0.780. The van der Waals surface area contributed by atoms with Gasteiger partial charge in [0, 0.05) is 17.4 Å². The summed E-state index contributed by atoms with van der Waals surface area (Å²) in [5.74, 6) is -0.724. The van der Waals surface area contributed by atoms with E-state index >= 15 is 0 Å². The summed E-state index contributed by atoms with van der Waals surface area (Å²) in [5, 5.41) is 0.952. The fourth-order valence-electron chi connectivity index (χ4n) is 2.85. The highest BCUT2D eigenvalue weighted by molar-refractivity contribution is 7.11. The van der Waals surface area contributed by atoms with Gasteiger partial charge in [-0.05, 0) is 39.0 Å². The van der Waals surface area contributed by atoms with Crippen molar-refractivity contribution in [2.45, 2.75) is 33.8 Å². The summed E-state index contributed by atoms with van der Waals surface area (Å²) >= 11 is 1.60. The van der Waals surface area contributed by atoms with Crippen LogP contribution in [0.2, 0.25) is 0 Å². The lowest BCUT2D eigenvalue weighted by molar-refractivity contribution is -0.129. The van der Waals surface area contributed by atoms with Crippen LogP contribution in [0, 0.1) is 13.8 Å². The third-order valence-corrected chi connectivity index (χ3v) is 4.91. The van der Waals surface area contributed by atoms with Crippen molar-refractivity contribution < 1.29 is 19.1 Å². The van der Waals surface area contributed by atoms with Crippen molar-refractivity contribution in [3.8, 4) is 17.0 Å². The van der Waals surface area contributed by atoms with Crippen LogP contribution in [-0.4, -0.2) is 35.4 Å². The van der Waals surface area contributed by atoms with Crippen LogP contribution >= 0.6 is 11.3 Å². The van der Waals surface area contributed by atoms with E-state index in [0.717, 1.165) is 21.1 Å². The Morgan fingerprint density at radius 1 is 1.30 bits per heavy atom. The smallest absolute Gasteiger partial charge is 0.268 e. The van der Waals surface area contributed by atoms with Gasteiger partial charge in [-0.15, -0.1) is 11.3 Å². The van der Waals surface area contributed by atoms with Crippen molar-refractivity contribution in [1.29, 1.82) is 0 Å². The second-order valence-electron chi connectivity index (χ2n) is 6.23. The number of hydrogen-bond acceptors (Lipinski definition) is 6. The van der Waals surface area contributed by atoms with Gasteiger partial charge in [-0.3, -0.25) is 30.1 Å². The molecule has 1 unspecified atom stereocenters. The van der Waals surface area contributed by atoms with Gasteiger partial charge in [-0.2, -0.15) is 0 Å². The number of nitrogens with zero attached hydrogens (tertiary/aromatic N) is 2. The van der Waals surface area contributed by atoms with Crippen molar-refractivity contribution in [3.63, 3.8) is 0 Å². The van der Waals surface area contributed by atoms with E-state index in [1.54, 1.807) is 30.4 Å². The molecule has 2 heterocycles. The van der Waals surface area contributed by atoms with E-state index in [0.29, 0.717) is 11.4 Å². The molecule has 0 saturated heterocycles. The van der Waals surface area contributed by atoms with Crippen LogP contribution < -0.4 is 20.5 Å². The van der Waals surface area contributed by atoms with Crippen molar-refractivity contribution >= 4 is 34.7 Å². The van der Waals surface area contributed by atoms with Crippen LogP contribution in [0.25, 0.3) is 11.3 Å². The van der Waals surface area contributed by atoms with E-state index < -0.39 is 17.9 Å². The minimum Gasteiger partial charge on any atom is -0.479 e. The molecule has 0 spiro atoms. The van der Waals surface area contributed by atoms with Gasteiger partial charge in [0.15, 0.2) is 6.10 Å². The van der Waals surface area contributed by atoms with Crippen molar-refractivity contribution in [2.24, 2.45) is 0 Å². The van der Waals surface area contributed by atoms with Gasteiger partial charge in [-0.25, -0.2) is 4.98 Å². The Morgan fingerprint density at radius 3 is 2.67 bits per heavy atom. The zero-order valence-corrected chi connectivity index (χ0v) is 16.3. The largest absolute Gasteiger partial charge is 0.479 e. The summed E-state index contributed by atoms with van der Waals surface area (Å²) in [6.07, 6.45) is -0.708. The Bertz CT molecular complexity index is 924. The minimum absolute atomic E-state index is 0.238. The summed E-state index contributed by atoms with van der Waals surface area (Å²) in [4.78, 5) is 42.7. The molecule has 2 N–H and O–H groups in total. The van der Waals surface area contributed by atoms with Gasteiger partial charge in [0.2, 0.25) is 5.91 Å². The number of carbonyl (C=O) groups excluding carboxylic acids is 3. The summed E-state index contributed by atoms with van der Waals surface area (Å²) in [7, 11) is 0. The fraction of sp³-hybridized carbons (Fsp3) is 0.333. The Labute approximate surface area is 160 Å². The van der Waals surface area contributed by atoms with Gasteiger partial charge < -0.3 is 4.74 Å². The standard InChI is InChI=1S/C18H20N4O4S/c1-9-18(25)22(8-16(24)21-20-11(3)23)14-7-13(5-6-15(14)26-9)17-10(2)27-12(4)19-17/h5-7,9H,8H2,1-4H3,(H,20,23)(H,21,24). The molecule has 0 fully saturated rings. The lowest BCUT2D eigenvalue weighted by atomic mass is 10.1. The topological polar surface area (TPSA) is 101 Å².